The first-order chi connectivity index (χ1) is 15.9. The van der Waals surface area contributed by atoms with E-state index in [1.54, 1.807) is 7.05 Å². The maximum absolute atomic E-state index is 12.0. The molecule has 2 aliphatic heterocycles. The van der Waals surface area contributed by atoms with Crippen LogP contribution in [0.2, 0.25) is 18.1 Å². The Morgan fingerprint density at radius 1 is 1.26 bits per heavy atom. The summed E-state index contributed by atoms with van der Waals surface area (Å²) in [7, 11) is -0.683. The summed E-state index contributed by atoms with van der Waals surface area (Å²) in [5.41, 5.74) is 0.987. The molecule has 0 aromatic heterocycles. The van der Waals surface area contributed by atoms with Crippen LogP contribution in [0.3, 0.4) is 0 Å². The van der Waals surface area contributed by atoms with Crippen molar-refractivity contribution in [1.29, 1.82) is 0 Å². The second-order valence-electron chi connectivity index (χ2n) is 12.7. The highest BCUT2D eigenvalue weighted by atomic mass is 28.4. The number of likely N-dealkylation sites (N-methyl/N-ethyl adjacent to an activating group) is 1. The summed E-state index contributed by atoms with van der Waals surface area (Å²) in [5.74, 6) is 0. The van der Waals surface area contributed by atoms with Gasteiger partial charge in [0, 0.05) is 26.7 Å². The van der Waals surface area contributed by atoms with Crippen LogP contribution in [0.25, 0.3) is 0 Å². The summed E-state index contributed by atoms with van der Waals surface area (Å²) in [6.45, 7) is 21.9. The Kier molecular flexibility index (Phi) is 7.91. The fourth-order valence-electron chi connectivity index (χ4n) is 4.37. The fraction of sp³-hybridized carbons (Fsp3) is 0.731. The third kappa shape index (κ3) is 6.13. The van der Waals surface area contributed by atoms with Crippen LogP contribution in [0.5, 0.6) is 0 Å². The zero-order chi connectivity index (χ0) is 26.4. The number of benzene rings is 1. The first-order valence-electron chi connectivity index (χ1n) is 12.7. The summed E-state index contributed by atoms with van der Waals surface area (Å²) in [5, 5.41) is 10.0. The van der Waals surface area contributed by atoms with Gasteiger partial charge >= 0.3 is 13.2 Å². The van der Waals surface area contributed by atoms with Gasteiger partial charge in [-0.3, -0.25) is 4.90 Å². The van der Waals surface area contributed by atoms with Crippen LogP contribution in [-0.2, 0) is 13.7 Å². The first-order valence-corrected chi connectivity index (χ1v) is 15.7. The van der Waals surface area contributed by atoms with Gasteiger partial charge in [-0.05, 0) is 63.3 Å². The molecule has 0 saturated carbocycles. The van der Waals surface area contributed by atoms with E-state index in [0.717, 1.165) is 30.5 Å². The molecular formula is C26H45BN2O5Si. The molecule has 9 heteroatoms. The van der Waals surface area contributed by atoms with Crippen molar-refractivity contribution in [3.05, 3.63) is 29.8 Å². The predicted molar refractivity (Wildman–Crippen MR) is 144 cm³/mol. The monoisotopic (exact) mass is 504 g/mol. The molecule has 1 N–H and O–H groups in total. The van der Waals surface area contributed by atoms with Gasteiger partial charge in [-0.15, -0.1) is 0 Å². The Morgan fingerprint density at radius 2 is 1.86 bits per heavy atom. The highest BCUT2D eigenvalue weighted by Crippen LogP contribution is 2.39. The lowest BCUT2D eigenvalue weighted by Gasteiger charge is -2.38. The van der Waals surface area contributed by atoms with E-state index in [1.165, 1.54) is 4.90 Å². The molecule has 7 nitrogen and oxygen atoms in total. The molecule has 196 valence electrons. The van der Waals surface area contributed by atoms with Crippen molar-refractivity contribution in [2.75, 3.05) is 26.7 Å². The summed E-state index contributed by atoms with van der Waals surface area (Å²) in [6.07, 6.45) is 0.233. The zero-order valence-electron chi connectivity index (χ0n) is 23.3. The third-order valence-electron chi connectivity index (χ3n) is 8.52. The summed E-state index contributed by atoms with van der Waals surface area (Å²) >= 11 is 0. The normalized spacial score (nSPS) is 23.5. The van der Waals surface area contributed by atoms with E-state index >= 15 is 0 Å². The number of amides is 1. The van der Waals surface area contributed by atoms with E-state index in [4.69, 9.17) is 13.7 Å². The molecule has 1 amide bonds. The molecule has 2 fully saturated rings. The maximum atomic E-state index is 12.0. The second kappa shape index (κ2) is 9.82. The highest BCUT2D eigenvalue weighted by molar-refractivity contribution is 6.74. The minimum Gasteiger partial charge on any atom is -0.465 e. The zero-order valence-corrected chi connectivity index (χ0v) is 24.3. The van der Waals surface area contributed by atoms with Crippen molar-refractivity contribution in [2.24, 2.45) is 0 Å². The molecule has 0 spiro atoms. The minimum atomic E-state index is -1.85. The average molecular weight is 505 g/mol. The first kappa shape index (κ1) is 28.2. The number of rotatable bonds is 7. The molecule has 1 aromatic carbocycles. The summed E-state index contributed by atoms with van der Waals surface area (Å²) in [6, 6.07) is 7.68. The Labute approximate surface area is 213 Å². The average Bonchev–Trinajstić information content (AvgIpc) is 3.24. The van der Waals surface area contributed by atoms with E-state index < -0.39 is 32.7 Å². The molecule has 0 radical (unpaired) electrons. The van der Waals surface area contributed by atoms with Crippen LogP contribution in [0.1, 0.15) is 66.5 Å². The number of carbonyl (C=O) groups is 1. The topological polar surface area (TPSA) is 71.5 Å². The minimum absolute atomic E-state index is 0.167. The highest BCUT2D eigenvalue weighted by Gasteiger charge is 2.51. The molecule has 2 aliphatic rings. The van der Waals surface area contributed by atoms with Crippen LogP contribution in [0, 0.1) is 0 Å². The van der Waals surface area contributed by atoms with Gasteiger partial charge in [0.25, 0.3) is 0 Å². The van der Waals surface area contributed by atoms with Crippen molar-refractivity contribution in [3.8, 4) is 0 Å². The molecule has 2 heterocycles. The van der Waals surface area contributed by atoms with Gasteiger partial charge in [-0.2, -0.15) is 0 Å². The van der Waals surface area contributed by atoms with Gasteiger partial charge in [-0.25, -0.2) is 4.79 Å². The number of hydrogen-bond donors (Lipinski definition) is 1. The number of carboxylic acid groups (broad SMARTS) is 1. The molecule has 0 unspecified atom stereocenters. The Bertz CT molecular complexity index is 901. The maximum Gasteiger partial charge on any atom is 0.494 e. The Morgan fingerprint density at radius 3 is 2.40 bits per heavy atom. The van der Waals surface area contributed by atoms with E-state index in [9.17, 15) is 9.90 Å². The van der Waals surface area contributed by atoms with Crippen molar-refractivity contribution in [2.45, 2.75) is 96.4 Å². The van der Waals surface area contributed by atoms with E-state index in [-0.39, 0.29) is 17.2 Å². The van der Waals surface area contributed by atoms with Crippen LogP contribution in [0.15, 0.2) is 24.3 Å². The van der Waals surface area contributed by atoms with Gasteiger partial charge in [0.1, 0.15) is 0 Å². The lowest BCUT2D eigenvalue weighted by molar-refractivity contribution is 0.00578. The smallest absolute Gasteiger partial charge is 0.465 e. The quantitative estimate of drug-likeness (QED) is 0.542. The molecule has 2 saturated heterocycles. The molecule has 1 aromatic rings. The lowest BCUT2D eigenvalue weighted by Crippen LogP contribution is -2.45. The van der Waals surface area contributed by atoms with Crippen LogP contribution < -0.4 is 5.46 Å². The van der Waals surface area contributed by atoms with E-state index in [2.05, 4.69) is 38.8 Å². The van der Waals surface area contributed by atoms with E-state index in [0.29, 0.717) is 6.54 Å². The SMILES string of the molecule is CN(C(=O)O)[C@H](CN1CC[C@H](O[Si](C)(C)C(C)(C)C)C1)c1cccc(B2OC(C)(C)C(C)(C)O2)c1. The standard InChI is InChI=1S/C26H45BN2O5Si/c1-24(2,3)35(9,10)32-21-14-15-29(17-21)18-22(28(8)23(30)31)19-12-11-13-20(16-19)27-33-25(4,5)26(6,7)34-27/h11-13,16,21-22H,14-15,17-18H2,1-10H3,(H,30,31)/t21-,22+/m0/s1. The number of nitrogens with zero attached hydrogens (tertiary/aromatic N) is 2. The van der Waals surface area contributed by atoms with Crippen molar-refractivity contribution < 1.29 is 23.6 Å². The summed E-state index contributed by atoms with van der Waals surface area (Å²) in [4.78, 5) is 15.7. The van der Waals surface area contributed by atoms with Gasteiger partial charge in [0.15, 0.2) is 8.32 Å². The van der Waals surface area contributed by atoms with E-state index in [1.807, 2.05) is 52.0 Å². The van der Waals surface area contributed by atoms with Crippen LogP contribution >= 0.6 is 0 Å². The van der Waals surface area contributed by atoms with Gasteiger partial charge in [0.05, 0.1) is 23.3 Å². The van der Waals surface area contributed by atoms with Crippen LogP contribution in [0.4, 0.5) is 4.79 Å². The fourth-order valence-corrected chi connectivity index (χ4v) is 5.75. The Balaban J connectivity index is 1.77. The largest absolute Gasteiger partial charge is 0.494 e. The predicted octanol–water partition coefficient (Wildman–Crippen LogP) is 4.73. The number of hydrogen-bond acceptors (Lipinski definition) is 5. The Hall–Kier alpha value is -1.39. The van der Waals surface area contributed by atoms with Gasteiger partial charge in [0.2, 0.25) is 0 Å². The molecular weight excluding hydrogens is 459 g/mol. The van der Waals surface area contributed by atoms with Gasteiger partial charge in [-0.1, -0.05) is 45.0 Å². The van der Waals surface area contributed by atoms with Crippen molar-refractivity contribution >= 4 is 27.0 Å². The third-order valence-corrected chi connectivity index (χ3v) is 13.1. The van der Waals surface area contributed by atoms with Crippen LogP contribution in [-0.4, -0.2) is 80.4 Å². The molecule has 0 bridgehead atoms. The summed E-state index contributed by atoms with van der Waals surface area (Å²) < 4.78 is 19.1. The van der Waals surface area contributed by atoms with Gasteiger partial charge < -0.3 is 23.7 Å². The van der Waals surface area contributed by atoms with Crippen molar-refractivity contribution in [1.82, 2.24) is 9.80 Å². The second-order valence-corrected chi connectivity index (χ2v) is 17.5. The molecule has 0 aliphatic carbocycles. The van der Waals surface area contributed by atoms with Crippen molar-refractivity contribution in [3.63, 3.8) is 0 Å². The molecule has 3 rings (SSSR count). The lowest BCUT2D eigenvalue weighted by atomic mass is 9.78. The molecule has 2 atom stereocenters. The molecule has 35 heavy (non-hydrogen) atoms. The number of likely N-dealkylation sites (tertiary alicyclic amines) is 1.